The number of benzene rings is 1. The van der Waals surface area contributed by atoms with Crippen molar-refractivity contribution in [1.82, 2.24) is 25.0 Å². The van der Waals surface area contributed by atoms with Crippen LogP contribution in [0.1, 0.15) is 24.6 Å². The SMILES string of the molecule is CCc1ccc(OCc2cn(CC(O)(CN3C=NCN3C)C3=C(F)C=C(F)C=CC3)nn2)cc1. The Balaban J connectivity index is 1.52. The van der Waals surface area contributed by atoms with E-state index in [-0.39, 0.29) is 31.7 Å². The van der Waals surface area contributed by atoms with Crippen molar-refractivity contribution < 1.29 is 18.6 Å². The topological polar surface area (TPSA) is 79.0 Å². The van der Waals surface area contributed by atoms with Gasteiger partial charge < -0.3 is 9.84 Å². The van der Waals surface area contributed by atoms with Crippen LogP contribution in [0.15, 0.2) is 70.9 Å². The lowest BCUT2D eigenvalue weighted by atomic mass is 9.89. The summed E-state index contributed by atoms with van der Waals surface area (Å²) >= 11 is 0. The maximum absolute atomic E-state index is 14.9. The number of aryl methyl sites for hydroxylation is 1. The van der Waals surface area contributed by atoms with Gasteiger partial charge in [-0.05, 0) is 36.6 Å². The molecule has 0 fully saturated rings. The van der Waals surface area contributed by atoms with Crippen molar-refractivity contribution in [2.75, 3.05) is 20.3 Å². The first-order chi connectivity index (χ1) is 16.4. The van der Waals surface area contributed by atoms with Crippen LogP contribution in [0.2, 0.25) is 0 Å². The number of hydrogen-bond donors (Lipinski definition) is 1. The summed E-state index contributed by atoms with van der Waals surface area (Å²) in [6, 6.07) is 7.81. The monoisotopic (exact) mass is 470 g/mol. The molecular weight excluding hydrogens is 442 g/mol. The second-order valence-corrected chi connectivity index (χ2v) is 8.38. The molecule has 8 nitrogen and oxygen atoms in total. The number of rotatable bonds is 9. The van der Waals surface area contributed by atoms with Gasteiger partial charge in [0.1, 0.15) is 48.3 Å². The molecule has 180 valence electrons. The molecule has 10 heteroatoms. The third kappa shape index (κ3) is 5.57. The number of hydrazine groups is 1. The van der Waals surface area contributed by atoms with E-state index in [1.165, 1.54) is 22.4 Å². The highest BCUT2D eigenvalue weighted by Crippen LogP contribution is 2.32. The summed E-state index contributed by atoms with van der Waals surface area (Å²) in [5.41, 5.74) is 0.135. The Morgan fingerprint density at radius 1 is 1.18 bits per heavy atom. The lowest BCUT2D eigenvalue weighted by Crippen LogP contribution is -2.50. The van der Waals surface area contributed by atoms with Gasteiger partial charge in [-0.25, -0.2) is 18.5 Å². The van der Waals surface area contributed by atoms with Gasteiger partial charge in [0.05, 0.1) is 19.3 Å². The molecule has 0 spiro atoms. The number of aromatic nitrogens is 3. The zero-order valence-corrected chi connectivity index (χ0v) is 19.2. The number of halogens is 2. The molecule has 0 bridgehead atoms. The van der Waals surface area contributed by atoms with Crippen molar-refractivity contribution in [3.8, 4) is 5.75 Å². The van der Waals surface area contributed by atoms with E-state index in [1.807, 2.05) is 31.3 Å². The minimum Gasteiger partial charge on any atom is -0.487 e. The highest BCUT2D eigenvalue weighted by atomic mass is 19.1. The predicted octanol–water partition coefficient (Wildman–Crippen LogP) is 3.34. The van der Waals surface area contributed by atoms with Crippen molar-refractivity contribution in [2.24, 2.45) is 4.99 Å². The molecule has 1 aromatic heterocycles. The maximum atomic E-state index is 14.9. The lowest BCUT2D eigenvalue weighted by molar-refractivity contribution is -0.0165. The van der Waals surface area contributed by atoms with E-state index in [9.17, 15) is 13.9 Å². The van der Waals surface area contributed by atoms with E-state index in [1.54, 1.807) is 22.6 Å². The minimum absolute atomic E-state index is 0.00846. The lowest BCUT2D eigenvalue weighted by Gasteiger charge is -2.36. The minimum atomic E-state index is -1.71. The summed E-state index contributed by atoms with van der Waals surface area (Å²) in [5.74, 6) is -0.796. The van der Waals surface area contributed by atoms with E-state index >= 15 is 0 Å². The number of nitrogens with zero attached hydrogens (tertiary/aromatic N) is 6. The molecule has 2 heterocycles. The molecule has 0 saturated heterocycles. The highest BCUT2D eigenvalue weighted by Gasteiger charge is 2.38. The van der Waals surface area contributed by atoms with E-state index in [0.717, 1.165) is 12.5 Å². The highest BCUT2D eigenvalue weighted by molar-refractivity contribution is 5.56. The molecule has 1 unspecified atom stereocenters. The van der Waals surface area contributed by atoms with Gasteiger partial charge in [-0.3, -0.25) is 10.0 Å². The molecule has 0 saturated carbocycles. The van der Waals surface area contributed by atoms with Gasteiger partial charge in [-0.1, -0.05) is 30.3 Å². The Labute approximate surface area is 197 Å². The fraction of sp³-hybridized carbons (Fsp3) is 0.375. The molecule has 1 aliphatic heterocycles. The maximum Gasteiger partial charge on any atom is 0.134 e. The third-order valence-corrected chi connectivity index (χ3v) is 5.81. The Kier molecular flexibility index (Phi) is 7.18. The first-order valence-electron chi connectivity index (χ1n) is 11.1. The Hall–Kier alpha value is -3.37. The van der Waals surface area contributed by atoms with E-state index in [2.05, 4.69) is 22.2 Å². The quantitative estimate of drug-likeness (QED) is 0.606. The summed E-state index contributed by atoms with van der Waals surface area (Å²) in [4.78, 5) is 4.17. The standard InChI is InChI=1S/C24H28F2N6O2/c1-3-18-7-9-21(10-8-18)34-13-20-12-31(29-28-20)14-24(33,15-32-17-27-16-30(32)2)22-6-4-5-19(25)11-23(22)26/h4-5,7-12,17,33H,3,6,13-16H2,1-2H3. The third-order valence-electron chi connectivity index (χ3n) is 5.81. The van der Waals surface area contributed by atoms with Crippen LogP contribution < -0.4 is 4.74 Å². The van der Waals surface area contributed by atoms with E-state index in [0.29, 0.717) is 18.1 Å². The van der Waals surface area contributed by atoms with Crippen LogP contribution in [-0.2, 0) is 19.6 Å². The van der Waals surface area contributed by atoms with Gasteiger partial charge in [0.25, 0.3) is 0 Å². The van der Waals surface area contributed by atoms with Gasteiger partial charge in [0.2, 0.25) is 0 Å². The second kappa shape index (κ2) is 10.3. The molecular formula is C24H28F2N6O2. The van der Waals surface area contributed by atoms with Crippen molar-refractivity contribution in [2.45, 2.75) is 38.5 Å². The normalized spacial score (nSPS) is 18.3. The predicted molar refractivity (Wildman–Crippen MR) is 124 cm³/mol. The molecule has 1 aliphatic carbocycles. The Bertz CT molecular complexity index is 1120. The number of aliphatic hydroxyl groups is 1. The van der Waals surface area contributed by atoms with Crippen LogP contribution in [-0.4, -0.2) is 62.3 Å². The van der Waals surface area contributed by atoms with Gasteiger partial charge in [0.15, 0.2) is 0 Å². The summed E-state index contributed by atoms with van der Waals surface area (Å²) in [6.45, 7) is 2.63. The van der Waals surface area contributed by atoms with Gasteiger partial charge in [0, 0.05) is 18.7 Å². The largest absolute Gasteiger partial charge is 0.487 e. The Morgan fingerprint density at radius 2 is 1.97 bits per heavy atom. The molecule has 2 aliphatic rings. The molecule has 1 atom stereocenters. The molecule has 34 heavy (non-hydrogen) atoms. The van der Waals surface area contributed by atoms with Crippen LogP contribution in [0.4, 0.5) is 8.78 Å². The number of aliphatic imine (C=N–C) groups is 1. The summed E-state index contributed by atoms with van der Waals surface area (Å²) in [6.07, 6.45) is 7.70. The molecule has 1 N–H and O–H groups in total. The van der Waals surface area contributed by atoms with Crippen molar-refractivity contribution in [1.29, 1.82) is 0 Å². The van der Waals surface area contributed by atoms with Crippen LogP contribution in [0.25, 0.3) is 0 Å². The van der Waals surface area contributed by atoms with Gasteiger partial charge in [-0.15, -0.1) is 5.10 Å². The Morgan fingerprint density at radius 3 is 2.68 bits per heavy atom. The van der Waals surface area contributed by atoms with Crippen LogP contribution in [0.3, 0.4) is 0 Å². The van der Waals surface area contributed by atoms with Crippen molar-refractivity contribution >= 4 is 6.34 Å². The van der Waals surface area contributed by atoms with E-state index < -0.39 is 17.3 Å². The average molecular weight is 471 g/mol. The van der Waals surface area contributed by atoms with Crippen LogP contribution >= 0.6 is 0 Å². The van der Waals surface area contributed by atoms with E-state index in [4.69, 9.17) is 4.74 Å². The first kappa shape index (κ1) is 23.8. The number of β-amino-alcohol motifs (C(OH)–C–C–N with tert-alkyl or cyclic N) is 1. The smallest absolute Gasteiger partial charge is 0.134 e. The fourth-order valence-electron chi connectivity index (χ4n) is 3.87. The summed E-state index contributed by atoms with van der Waals surface area (Å²) in [5, 5.41) is 23.4. The number of hydrogen-bond acceptors (Lipinski definition) is 7. The van der Waals surface area contributed by atoms with Crippen molar-refractivity contribution in [3.05, 3.63) is 77.2 Å². The molecule has 2 aromatic rings. The van der Waals surface area contributed by atoms with Crippen LogP contribution in [0, 0.1) is 0 Å². The summed E-state index contributed by atoms with van der Waals surface area (Å²) < 4.78 is 35.9. The molecule has 0 radical (unpaired) electrons. The fourth-order valence-corrected chi connectivity index (χ4v) is 3.87. The van der Waals surface area contributed by atoms with Crippen LogP contribution in [0.5, 0.6) is 5.75 Å². The number of ether oxygens (including phenoxy) is 1. The second-order valence-electron chi connectivity index (χ2n) is 8.38. The summed E-state index contributed by atoms with van der Waals surface area (Å²) in [7, 11) is 1.81. The molecule has 1 aromatic carbocycles. The first-order valence-corrected chi connectivity index (χ1v) is 11.1. The van der Waals surface area contributed by atoms with Gasteiger partial charge >= 0.3 is 0 Å². The number of allylic oxidation sites excluding steroid dienone is 5. The zero-order valence-electron chi connectivity index (χ0n) is 19.2. The van der Waals surface area contributed by atoms with Crippen molar-refractivity contribution in [3.63, 3.8) is 0 Å². The molecule has 0 amide bonds. The zero-order chi connectivity index (χ0) is 24.1. The van der Waals surface area contributed by atoms with Gasteiger partial charge in [-0.2, -0.15) is 0 Å². The molecule has 4 rings (SSSR count). The average Bonchev–Trinajstić information content (AvgIpc) is 3.38.